The van der Waals surface area contributed by atoms with E-state index in [2.05, 4.69) is 12.1 Å². The third kappa shape index (κ3) is 4.28. The van der Waals surface area contributed by atoms with Gasteiger partial charge in [-0.1, -0.05) is 30.3 Å². The van der Waals surface area contributed by atoms with Crippen LogP contribution in [0.4, 0.5) is 0 Å². The maximum atomic E-state index is 12.4. The zero-order valence-corrected chi connectivity index (χ0v) is 14.3. The van der Waals surface area contributed by atoms with Crippen LogP contribution in [0.3, 0.4) is 0 Å². The summed E-state index contributed by atoms with van der Waals surface area (Å²) >= 11 is 1.79. The molecule has 0 N–H and O–H groups in total. The Bertz CT molecular complexity index is 535. The zero-order chi connectivity index (χ0) is 16.1. The summed E-state index contributed by atoms with van der Waals surface area (Å²) in [6.45, 7) is 2.73. The highest BCUT2D eigenvalue weighted by Crippen LogP contribution is 2.28. The quantitative estimate of drug-likeness (QED) is 0.849. The Labute approximate surface area is 142 Å². The van der Waals surface area contributed by atoms with Gasteiger partial charge in [0.15, 0.2) is 0 Å². The number of amides is 2. The summed E-state index contributed by atoms with van der Waals surface area (Å²) in [4.78, 5) is 28.6. The van der Waals surface area contributed by atoms with Crippen molar-refractivity contribution in [3.8, 4) is 0 Å². The maximum absolute atomic E-state index is 12.4. The highest BCUT2D eigenvalue weighted by atomic mass is 32.2. The molecule has 0 unspecified atom stereocenters. The molecule has 0 aliphatic carbocycles. The molecule has 1 aromatic rings. The number of nitrogens with zero attached hydrogens (tertiary/aromatic N) is 2. The molecule has 2 heterocycles. The van der Waals surface area contributed by atoms with Crippen LogP contribution in [0, 0.1) is 0 Å². The van der Waals surface area contributed by atoms with Crippen molar-refractivity contribution in [2.45, 2.75) is 30.9 Å². The highest BCUT2D eigenvalue weighted by Gasteiger charge is 2.30. The van der Waals surface area contributed by atoms with Crippen LogP contribution in [0.5, 0.6) is 0 Å². The van der Waals surface area contributed by atoms with Gasteiger partial charge >= 0.3 is 0 Å². The molecule has 0 aromatic heterocycles. The summed E-state index contributed by atoms with van der Waals surface area (Å²) in [5.74, 6) is 1.59. The molecule has 23 heavy (non-hydrogen) atoms. The number of hydrogen-bond donors (Lipinski definition) is 0. The Morgan fingerprint density at radius 2 is 1.74 bits per heavy atom. The van der Waals surface area contributed by atoms with Gasteiger partial charge in [0.2, 0.25) is 11.8 Å². The van der Waals surface area contributed by atoms with Crippen molar-refractivity contribution in [2.75, 3.05) is 31.9 Å². The lowest BCUT2D eigenvalue weighted by molar-refractivity contribution is -0.139. The molecule has 1 aromatic carbocycles. The molecular formula is C18H24N2O2S. The molecule has 1 atom stereocenters. The molecule has 2 amide bonds. The molecule has 0 radical (unpaired) electrons. The summed E-state index contributed by atoms with van der Waals surface area (Å²) in [7, 11) is 0. The van der Waals surface area contributed by atoms with Crippen molar-refractivity contribution in [1.82, 2.24) is 9.80 Å². The Morgan fingerprint density at radius 1 is 1.04 bits per heavy atom. The minimum atomic E-state index is 0.162. The molecule has 3 rings (SSSR count). The van der Waals surface area contributed by atoms with E-state index in [1.807, 2.05) is 28.0 Å². The van der Waals surface area contributed by atoms with E-state index in [1.54, 1.807) is 11.8 Å². The SMILES string of the molecule is O=C(CCc1ccccc1)N1CCN(C(=O)[C@@H]2CCCS2)CC1. The fourth-order valence-electron chi connectivity index (χ4n) is 3.21. The first-order valence-electron chi connectivity index (χ1n) is 8.46. The first-order chi connectivity index (χ1) is 11.2. The molecule has 2 saturated heterocycles. The molecule has 2 aliphatic heterocycles. The fraction of sp³-hybridized carbons (Fsp3) is 0.556. The van der Waals surface area contributed by atoms with E-state index in [1.165, 1.54) is 5.56 Å². The van der Waals surface area contributed by atoms with Crippen LogP contribution in [-0.4, -0.2) is 58.8 Å². The van der Waals surface area contributed by atoms with Gasteiger partial charge in [-0.15, -0.1) is 11.8 Å². The van der Waals surface area contributed by atoms with Crippen LogP contribution >= 0.6 is 11.8 Å². The van der Waals surface area contributed by atoms with Gasteiger partial charge < -0.3 is 9.80 Å². The summed E-state index contributed by atoms with van der Waals surface area (Å²) in [5.41, 5.74) is 1.20. The topological polar surface area (TPSA) is 40.6 Å². The largest absolute Gasteiger partial charge is 0.339 e. The van der Waals surface area contributed by atoms with Gasteiger partial charge in [-0.25, -0.2) is 0 Å². The summed E-state index contributed by atoms with van der Waals surface area (Å²) in [6.07, 6.45) is 3.51. The number of hydrogen-bond acceptors (Lipinski definition) is 3. The van der Waals surface area contributed by atoms with Gasteiger partial charge in [0.25, 0.3) is 0 Å². The van der Waals surface area contributed by atoms with E-state index in [0.29, 0.717) is 32.6 Å². The lowest BCUT2D eigenvalue weighted by Gasteiger charge is -2.36. The van der Waals surface area contributed by atoms with Crippen LogP contribution in [0.25, 0.3) is 0 Å². The van der Waals surface area contributed by atoms with Gasteiger partial charge in [0, 0.05) is 32.6 Å². The normalized spacial score (nSPS) is 21.5. The molecule has 124 valence electrons. The molecule has 0 spiro atoms. The second kappa shape index (κ2) is 7.86. The smallest absolute Gasteiger partial charge is 0.235 e. The van der Waals surface area contributed by atoms with Crippen LogP contribution in [0.2, 0.25) is 0 Å². The van der Waals surface area contributed by atoms with Gasteiger partial charge in [-0.05, 0) is 30.6 Å². The van der Waals surface area contributed by atoms with Crippen LogP contribution in [-0.2, 0) is 16.0 Å². The van der Waals surface area contributed by atoms with Gasteiger partial charge in [-0.3, -0.25) is 9.59 Å². The van der Waals surface area contributed by atoms with Crippen molar-refractivity contribution in [3.63, 3.8) is 0 Å². The number of benzene rings is 1. The monoisotopic (exact) mass is 332 g/mol. The molecule has 2 aliphatic rings. The third-order valence-corrected chi connectivity index (χ3v) is 5.98. The standard InChI is InChI=1S/C18H24N2O2S/c21-17(9-8-15-5-2-1-3-6-15)19-10-12-20(13-11-19)18(22)16-7-4-14-23-16/h1-3,5-6,16H,4,7-14H2/t16-/m0/s1. The zero-order valence-electron chi connectivity index (χ0n) is 13.4. The van der Waals surface area contributed by atoms with E-state index >= 15 is 0 Å². The van der Waals surface area contributed by atoms with Crippen molar-refractivity contribution < 1.29 is 9.59 Å². The highest BCUT2D eigenvalue weighted by molar-refractivity contribution is 8.00. The lowest BCUT2D eigenvalue weighted by Crippen LogP contribution is -2.52. The second-order valence-corrected chi connectivity index (χ2v) is 7.50. The maximum Gasteiger partial charge on any atom is 0.235 e. The first kappa shape index (κ1) is 16.4. The summed E-state index contributed by atoms with van der Waals surface area (Å²) < 4.78 is 0. The number of thioether (sulfide) groups is 1. The van der Waals surface area contributed by atoms with Gasteiger partial charge in [0.1, 0.15) is 0 Å². The van der Waals surface area contributed by atoms with E-state index in [9.17, 15) is 9.59 Å². The van der Waals surface area contributed by atoms with E-state index in [4.69, 9.17) is 0 Å². The van der Waals surface area contributed by atoms with E-state index < -0.39 is 0 Å². The van der Waals surface area contributed by atoms with Crippen molar-refractivity contribution in [2.24, 2.45) is 0 Å². The Hall–Kier alpha value is -1.49. The van der Waals surface area contributed by atoms with Gasteiger partial charge in [0.05, 0.1) is 5.25 Å². The summed E-state index contributed by atoms with van der Waals surface area (Å²) in [5, 5.41) is 0.162. The van der Waals surface area contributed by atoms with E-state index in [0.717, 1.165) is 25.0 Å². The molecule has 2 fully saturated rings. The molecule has 5 heteroatoms. The fourth-order valence-corrected chi connectivity index (χ4v) is 4.45. The number of piperazine rings is 1. The van der Waals surface area contributed by atoms with Crippen molar-refractivity contribution in [3.05, 3.63) is 35.9 Å². The predicted molar refractivity (Wildman–Crippen MR) is 93.4 cm³/mol. The minimum Gasteiger partial charge on any atom is -0.339 e. The third-order valence-electron chi connectivity index (χ3n) is 4.62. The van der Waals surface area contributed by atoms with Gasteiger partial charge in [-0.2, -0.15) is 0 Å². The number of rotatable bonds is 4. The number of carbonyl (C=O) groups excluding carboxylic acids is 2. The van der Waals surface area contributed by atoms with Crippen molar-refractivity contribution in [1.29, 1.82) is 0 Å². The molecular weight excluding hydrogens is 308 g/mol. The first-order valence-corrected chi connectivity index (χ1v) is 9.51. The Morgan fingerprint density at radius 3 is 2.39 bits per heavy atom. The second-order valence-electron chi connectivity index (χ2n) is 6.19. The Balaban J connectivity index is 1.43. The average Bonchev–Trinajstić information content (AvgIpc) is 3.15. The number of carbonyl (C=O) groups is 2. The minimum absolute atomic E-state index is 0.162. The van der Waals surface area contributed by atoms with Crippen LogP contribution < -0.4 is 0 Å². The molecule has 4 nitrogen and oxygen atoms in total. The predicted octanol–water partition coefficient (Wildman–Crippen LogP) is 2.19. The Kier molecular flexibility index (Phi) is 5.60. The van der Waals surface area contributed by atoms with Crippen LogP contribution in [0.15, 0.2) is 30.3 Å². The number of aryl methyl sites for hydroxylation is 1. The summed E-state index contributed by atoms with van der Waals surface area (Å²) in [6, 6.07) is 10.1. The average molecular weight is 332 g/mol. The van der Waals surface area contributed by atoms with Crippen molar-refractivity contribution >= 4 is 23.6 Å². The lowest BCUT2D eigenvalue weighted by atomic mass is 10.1. The van der Waals surface area contributed by atoms with Crippen LogP contribution in [0.1, 0.15) is 24.8 Å². The molecule has 0 saturated carbocycles. The van der Waals surface area contributed by atoms with E-state index in [-0.39, 0.29) is 17.1 Å². The molecule has 0 bridgehead atoms.